The molecule has 0 radical (unpaired) electrons. The summed E-state index contributed by atoms with van der Waals surface area (Å²) in [6.45, 7) is 0.440. The number of anilines is 1. The largest absolute Gasteiger partial charge is 0.497 e. The zero-order chi connectivity index (χ0) is 21.7. The molecular formula is C21H25N3O5S. The molecule has 1 atom stereocenters. The van der Waals surface area contributed by atoms with Gasteiger partial charge in [-0.1, -0.05) is 12.1 Å². The van der Waals surface area contributed by atoms with E-state index in [1.165, 1.54) is 30.6 Å². The molecule has 0 aliphatic carbocycles. The van der Waals surface area contributed by atoms with E-state index in [2.05, 4.69) is 10.6 Å². The van der Waals surface area contributed by atoms with Crippen LogP contribution < -0.4 is 15.4 Å². The number of ether oxygens (including phenoxy) is 1. The van der Waals surface area contributed by atoms with Gasteiger partial charge in [-0.2, -0.15) is 4.31 Å². The molecule has 1 aliphatic heterocycles. The third-order valence-electron chi connectivity index (χ3n) is 5.11. The zero-order valence-corrected chi connectivity index (χ0v) is 17.7. The number of carbonyl (C=O) groups excluding carboxylic acids is 2. The maximum atomic E-state index is 13.0. The lowest BCUT2D eigenvalue weighted by Gasteiger charge is -2.31. The van der Waals surface area contributed by atoms with Gasteiger partial charge in [-0.3, -0.25) is 9.59 Å². The Morgan fingerprint density at radius 2 is 1.80 bits per heavy atom. The van der Waals surface area contributed by atoms with Gasteiger partial charge in [-0.15, -0.1) is 0 Å². The van der Waals surface area contributed by atoms with Crippen molar-refractivity contribution < 1.29 is 22.7 Å². The molecule has 0 spiro atoms. The fourth-order valence-electron chi connectivity index (χ4n) is 3.43. The van der Waals surface area contributed by atoms with E-state index in [9.17, 15) is 18.0 Å². The topological polar surface area (TPSA) is 105 Å². The predicted molar refractivity (Wildman–Crippen MR) is 113 cm³/mol. The predicted octanol–water partition coefficient (Wildman–Crippen LogP) is 2.09. The smallest absolute Gasteiger partial charge is 0.253 e. The lowest BCUT2D eigenvalue weighted by molar-refractivity contribution is -0.120. The highest BCUT2D eigenvalue weighted by Gasteiger charge is 2.33. The second-order valence-corrected chi connectivity index (χ2v) is 8.93. The van der Waals surface area contributed by atoms with Crippen molar-refractivity contribution in [2.45, 2.75) is 17.7 Å². The molecule has 8 nitrogen and oxygen atoms in total. The van der Waals surface area contributed by atoms with Crippen LogP contribution in [0.4, 0.5) is 5.69 Å². The number of para-hydroxylation sites is 1. The summed E-state index contributed by atoms with van der Waals surface area (Å²) >= 11 is 0. The molecule has 2 aromatic rings. The molecule has 1 heterocycles. The second kappa shape index (κ2) is 9.27. The van der Waals surface area contributed by atoms with Crippen molar-refractivity contribution in [2.75, 3.05) is 32.6 Å². The molecule has 2 amide bonds. The summed E-state index contributed by atoms with van der Waals surface area (Å²) in [5.41, 5.74) is 0.754. The Balaban J connectivity index is 1.74. The van der Waals surface area contributed by atoms with Crippen LogP contribution >= 0.6 is 0 Å². The van der Waals surface area contributed by atoms with Crippen LogP contribution in [0.2, 0.25) is 0 Å². The van der Waals surface area contributed by atoms with E-state index in [0.29, 0.717) is 36.4 Å². The lowest BCUT2D eigenvalue weighted by Crippen LogP contribution is -2.43. The maximum Gasteiger partial charge on any atom is 0.253 e. The molecule has 1 aliphatic rings. The molecule has 9 heteroatoms. The summed E-state index contributed by atoms with van der Waals surface area (Å²) in [6, 6.07) is 12.9. The molecule has 0 aromatic heterocycles. The molecular weight excluding hydrogens is 406 g/mol. The highest BCUT2D eigenvalue weighted by molar-refractivity contribution is 7.89. The van der Waals surface area contributed by atoms with Crippen LogP contribution in [0.25, 0.3) is 0 Å². The minimum Gasteiger partial charge on any atom is -0.497 e. The minimum absolute atomic E-state index is 0.0857. The SMILES string of the molecule is CNC(=O)c1ccccc1NC(=O)C1CCCN(S(=O)(=O)c2ccc(OC)cc2)C1. The van der Waals surface area contributed by atoms with Crippen LogP contribution in [-0.2, 0) is 14.8 Å². The fraction of sp³-hybridized carbons (Fsp3) is 0.333. The number of hydrogen-bond acceptors (Lipinski definition) is 5. The van der Waals surface area contributed by atoms with Crippen LogP contribution in [0, 0.1) is 5.92 Å². The van der Waals surface area contributed by atoms with Gasteiger partial charge in [0.05, 0.1) is 29.2 Å². The quantitative estimate of drug-likeness (QED) is 0.729. The summed E-state index contributed by atoms with van der Waals surface area (Å²) < 4.78 is 32.4. The van der Waals surface area contributed by atoms with Gasteiger partial charge < -0.3 is 15.4 Å². The first-order valence-electron chi connectivity index (χ1n) is 9.63. The number of piperidine rings is 1. The second-order valence-electron chi connectivity index (χ2n) is 6.99. The molecule has 160 valence electrons. The number of nitrogens with zero attached hydrogens (tertiary/aromatic N) is 1. The van der Waals surface area contributed by atoms with Gasteiger partial charge in [0, 0.05) is 20.1 Å². The van der Waals surface area contributed by atoms with Crippen molar-refractivity contribution in [1.29, 1.82) is 0 Å². The fourth-order valence-corrected chi connectivity index (χ4v) is 4.95. The van der Waals surface area contributed by atoms with Gasteiger partial charge in [0.1, 0.15) is 5.75 Å². The lowest BCUT2D eigenvalue weighted by atomic mass is 9.98. The van der Waals surface area contributed by atoms with Crippen molar-refractivity contribution in [3.8, 4) is 5.75 Å². The summed E-state index contributed by atoms with van der Waals surface area (Å²) in [5, 5.41) is 5.33. The Bertz CT molecular complexity index is 1020. The molecule has 2 N–H and O–H groups in total. The average molecular weight is 432 g/mol. The first kappa shape index (κ1) is 21.8. The van der Waals surface area contributed by atoms with Crippen molar-refractivity contribution in [3.05, 3.63) is 54.1 Å². The number of benzene rings is 2. The van der Waals surface area contributed by atoms with E-state index in [-0.39, 0.29) is 23.3 Å². The summed E-state index contributed by atoms with van der Waals surface area (Å²) in [6.07, 6.45) is 1.15. The Labute approximate surface area is 176 Å². The van der Waals surface area contributed by atoms with Crippen molar-refractivity contribution in [2.24, 2.45) is 5.92 Å². The highest BCUT2D eigenvalue weighted by Crippen LogP contribution is 2.26. The van der Waals surface area contributed by atoms with Crippen molar-refractivity contribution in [1.82, 2.24) is 9.62 Å². The van der Waals surface area contributed by atoms with Gasteiger partial charge in [0.15, 0.2) is 0 Å². The number of amides is 2. The maximum absolute atomic E-state index is 13.0. The van der Waals surface area contributed by atoms with Crippen LogP contribution in [0.15, 0.2) is 53.4 Å². The summed E-state index contributed by atoms with van der Waals surface area (Å²) in [4.78, 5) is 25.0. The number of nitrogens with one attached hydrogen (secondary N) is 2. The van der Waals surface area contributed by atoms with E-state index in [1.807, 2.05) is 0 Å². The van der Waals surface area contributed by atoms with Crippen LogP contribution in [0.3, 0.4) is 0 Å². The van der Waals surface area contributed by atoms with Crippen molar-refractivity contribution in [3.63, 3.8) is 0 Å². The average Bonchev–Trinajstić information content (AvgIpc) is 2.79. The number of rotatable bonds is 6. The van der Waals surface area contributed by atoms with E-state index < -0.39 is 15.9 Å². The molecule has 0 saturated carbocycles. The Kier molecular flexibility index (Phi) is 6.73. The van der Waals surface area contributed by atoms with Gasteiger partial charge in [0.25, 0.3) is 5.91 Å². The van der Waals surface area contributed by atoms with Crippen molar-refractivity contribution >= 4 is 27.5 Å². The standard InChI is InChI=1S/C21H25N3O5S/c1-22-21(26)18-7-3-4-8-19(18)23-20(25)15-6-5-13-24(14-15)30(27,28)17-11-9-16(29-2)10-12-17/h3-4,7-12,15H,5-6,13-14H2,1-2H3,(H,22,26)(H,23,25). The van der Waals surface area contributed by atoms with E-state index in [4.69, 9.17) is 4.74 Å². The Hall–Kier alpha value is -2.91. The molecule has 3 rings (SSSR count). The number of methoxy groups -OCH3 is 1. The van der Waals surface area contributed by atoms with Crippen LogP contribution in [-0.4, -0.2) is 51.8 Å². The number of hydrogen-bond donors (Lipinski definition) is 2. The third kappa shape index (κ3) is 4.63. The van der Waals surface area contributed by atoms with Crippen LogP contribution in [0.1, 0.15) is 23.2 Å². The Morgan fingerprint density at radius 3 is 2.47 bits per heavy atom. The molecule has 1 saturated heterocycles. The first-order chi connectivity index (χ1) is 14.4. The molecule has 1 unspecified atom stereocenters. The van der Waals surface area contributed by atoms with Gasteiger partial charge in [-0.05, 0) is 49.2 Å². The highest BCUT2D eigenvalue weighted by atomic mass is 32.2. The van der Waals surface area contributed by atoms with E-state index >= 15 is 0 Å². The third-order valence-corrected chi connectivity index (χ3v) is 6.99. The number of sulfonamides is 1. The summed E-state index contributed by atoms with van der Waals surface area (Å²) in [5.74, 6) is -0.552. The monoisotopic (exact) mass is 431 g/mol. The normalized spacial score (nSPS) is 17.2. The molecule has 1 fully saturated rings. The minimum atomic E-state index is -3.72. The van der Waals surface area contributed by atoms with Gasteiger partial charge in [0.2, 0.25) is 15.9 Å². The number of carbonyl (C=O) groups is 2. The molecule has 30 heavy (non-hydrogen) atoms. The molecule has 2 aromatic carbocycles. The van der Waals surface area contributed by atoms with Gasteiger partial charge in [-0.25, -0.2) is 8.42 Å². The zero-order valence-electron chi connectivity index (χ0n) is 16.9. The summed E-state index contributed by atoms with van der Waals surface area (Å²) in [7, 11) is -0.687. The first-order valence-corrected chi connectivity index (χ1v) is 11.1. The molecule has 0 bridgehead atoms. The van der Waals surface area contributed by atoms with E-state index in [0.717, 1.165) is 0 Å². The van der Waals surface area contributed by atoms with Gasteiger partial charge >= 0.3 is 0 Å². The Morgan fingerprint density at radius 1 is 1.10 bits per heavy atom. The van der Waals surface area contributed by atoms with E-state index in [1.54, 1.807) is 36.4 Å². The van der Waals surface area contributed by atoms with Crippen LogP contribution in [0.5, 0.6) is 5.75 Å².